The molecule has 2 aromatic rings. The van der Waals surface area contributed by atoms with Crippen LogP contribution in [0.5, 0.6) is 0 Å². The Bertz CT molecular complexity index is 1170. The molecule has 0 bridgehead atoms. The minimum absolute atomic E-state index is 0.0154. The molecule has 0 saturated carbocycles. The van der Waals surface area contributed by atoms with Crippen molar-refractivity contribution in [2.45, 2.75) is 68.6 Å². The van der Waals surface area contributed by atoms with Crippen molar-refractivity contribution in [2.24, 2.45) is 0 Å². The molecule has 2 aromatic carbocycles. The molecule has 2 fully saturated rings. The van der Waals surface area contributed by atoms with Gasteiger partial charge in [0.1, 0.15) is 0 Å². The third-order valence-electron chi connectivity index (χ3n) is 7.75. The monoisotopic (exact) mass is 553 g/mol. The van der Waals surface area contributed by atoms with Crippen LogP contribution in [0.3, 0.4) is 0 Å². The van der Waals surface area contributed by atoms with Gasteiger partial charge < -0.3 is 14.9 Å². The van der Waals surface area contributed by atoms with Gasteiger partial charge in [0.15, 0.2) is 0 Å². The molecule has 2 unspecified atom stereocenters. The lowest BCUT2D eigenvalue weighted by Gasteiger charge is -2.47. The Balaban J connectivity index is 1.60. The van der Waals surface area contributed by atoms with E-state index in [-0.39, 0.29) is 25.1 Å². The maximum atomic E-state index is 13.5. The number of rotatable bonds is 5. The van der Waals surface area contributed by atoms with Crippen molar-refractivity contribution in [3.05, 3.63) is 70.8 Å². The summed E-state index contributed by atoms with van der Waals surface area (Å²) in [6.45, 7) is 1.27. The average Bonchev–Trinajstić information content (AvgIpc) is 2.88. The van der Waals surface area contributed by atoms with Gasteiger partial charge in [-0.25, -0.2) is 0 Å². The first-order valence-electron chi connectivity index (χ1n) is 12.8. The average molecular weight is 554 g/mol. The van der Waals surface area contributed by atoms with Crippen molar-refractivity contribution in [2.75, 3.05) is 19.6 Å². The fourth-order valence-corrected chi connectivity index (χ4v) is 5.58. The summed E-state index contributed by atoms with van der Waals surface area (Å²) >= 11 is 0. The van der Waals surface area contributed by atoms with Crippen molar-refractivity contribution in [1.82, 2.24) is 9.80 Å². The second kappa shape index (κ2) is 11.2. The Morgan fingerprint density at radius 2 is 1.56 bits per heavy atom. The standard InChI is InChI=1S/C28H29F6N3O2/c29-27(30,31)21-15-20(16-22(17-21)28(32,33)34)25(38)37-11-6-23(18-24(37)14-19-4-2-1-3-5-19)36-12-8-26(39,7-10-35)9-13-36/h1-5,15-17,23-24,39H,6-9,11-14,18H2. The van der Waals surface area contributed by atoms with Gasteiger partial charge in [-0.05, 0) is 55.9 Å². The normalized spacial score (nSPS) is 22.4. The van der Waals surface area contributed by atoms with Crippen LogP contribution in [0, 0.1) is 11.3 Å². The minimum Gasteiger partial charge on any atom is -0.389 e. The van der Waals surface area contributed by atoms with Gasteiger partial charge in [0.2, 0.25) is 0 Å². The van der Waals surface area contributed by atoms with Crippen LogP contribution in [-0.4, -0.2) is 58.1 Å². The number of likely N-dealkylation sites (tertiary alicyclic amines) is 2. The second-order valence-electron chi connectivity index (χ2n) is 10.4. The van der Waals surface area contributed by atoms with Gasteiger partial charge in [0.25, 0.3) is 5.91 Å². The topological polar surface area (TPSA) is 67.6 Å². The highest BCUT2D eigenvalue weighted by atomic mass is 19.4. The van der Waals surface area contributed by atoms with Gasteiger partial charge in [0, 0.05) is 37.3 Å². The zero-order valence-electron chi connectivity index (χ0n) is 21.1. The molecule has 2 heterocycles. The first kappa shape index (κ1) is 28.9. The van der Waals surface area contributed by atoms with Gasteiger partial charge >= 0.3 is 12.4 Å². The van der Waals surface area contributed by atoms with Gasteiger partial charge in [-0.3, -0.25) is 4.79 Å². The quantitative estimate of drug-likeness (QED) is 0.484. The molecule has 11 heteroatoms. The number of hydrogen-bond acceptors (Lipinski definition) is 4. The lowest BCUT2D eigenvalue weighted by Crippen LogP contribution is -2.55. The summed E-state index contributed by atoms with van der Waals surface area (Å²) in [5.74, 6) is -0.868. The van der Waals surface area contributed by atoms with E-state index in [4.69, 9.17) is 5.26 Å². The predicted molar refractivity (Wildman–Crippen MR) is 130 cm³/mol. The molecule has 39 heavy (non-hydrogen) atoms. The van der Waals surface area contributed by atoms with E-state index in [1.165, 1.54) is 4.90 Å². The molecule has 2 saturated heterocycles. The lowest BCUT2D eigenvalue weighted by atomic mass is 9.85. The van der Waals surface area contributed by atoms with Crippen LogP contribution < -0.4 is 0 Å². The maximum Gasteiger partial charge on any atom is 0.416 e. The molecule has 2 atom stereocenters. The molecular weight excluding hydrogens is 524 g/mol. The smallest absolute Gasteiger partial charge is 0.389 e. The van der Waals surface area contributed by atoms with Crippen LogP contribution >= 0.6 is 0 Å². The van der Waals surface area contributed by atoms with Crippen LogP contribution in [0.4, 0.5) is 26.3 Å². The van der Waals surface area contributed by atoms with Crippen LogP contribution in [0.1, 0.15) is 59.2 Å². The Labute approximate surface area is 222 Å². The zero-order chi connectivity index (χ0) is 28.4. The largest absolute Gasteiger partial charge is 0.416 e. The number of piperidine rings is 2. The summed E-state index contributed by atoms with van der Waals surface area (Å²) in [5, 5.41) is 19.6. The lowest BCUT2D eigenvalue weighted by molar-refractivity contribution is -0.143. The molecule has 0 radical (unpaired) electrons. The van der Waals surface area contributed by atoms with Crippen molar-refractivity contribution in [3.8, 4) is 6.07 Å². The highest BCUT2D eigenvalue weighted by Crippen LogP contribution is 2.37. The van der Waals surface area contributed by atoms with Gasteiger partial charge in [-0.15, -0.1) is 0 Å². The third-order valence-corrected chi connectivity index (χ3v) is 7.75. The Kier molecular flexibility index (Phi) is 8.28. The number of hydrogen-bond donors (Lipinski definition) is 1. The second-order valence-corrected chi connectivity index (χ2v) is 10.4. The van der Waals surface area contributed by atoms with Crippen molar-refractivity contribution >= 4 is 5.91 Å². The summed E-state index contributed by atoms with van der Waals surface area (Å²) < 4.78 is 80.6. The summed E-state index contributed by atoms with van der Waals surface area (Å²) in [6, 6.07) is 11.8. The summed E-state index contributed by atoms with van der Waals surface area (Å²) in [7, 11) is 0. The molecule has 1 amide bonds. The molecule has 0 aliphatic carbocycles. The minimum atomic E-state index is -5.05. The number of nitriles is 1. The molecule has 2 aliphatic rings. The number of alkyl halides is 6. The molecular formula is C28H29F6N3O2. The molecule has 2 aliphatic heterocycles. The third kappa shape index (κ3) is 6.92. The number of amides is 1. The van der Waals surface area contributed by atoms with Crippen molar-refractivity contribution in [1.29, 1.82) is 5.26 Å². The SMILES string of the molecule is N#CCC1(O)CCN(C2CCN(C(=O)c3cc(C(F)(F)F)cc(C(F)(F)F)c3)C(Cc3ccccc3)C2)CC1. The number of carbonyl (C=O) groups is 1. The summed E-state index contributed by atoms with van der Waals surface area (Å²) in [5.41, 5.74) is -3.83. The molecule has 5 nitrogen and oxygen atoms in total. The van der Waals surface area contributed by atoms with E-state index in [0.29, 0.717) is 57.3 Å². The van der Waals surface area contributed by atoms with E-state index in [0.717, 1.165) is 5.56 Å². The number of halogens is 6. The van der Waals surface area contributed by atoms with Gasteiger partial charge in [-0.2, -0.15) is 31.6 Å². The van der Waals surface area contributed by atoms with Crippen molar-refractivity contribution in [3.63, 3.8) is 0 Å². The van der Waals surface area contributed by atoms with Crippen LogP contribution in [-0.2, 0) is 18.8 Å². The number of nitrogens with zero attached hydrogens (tertiary/aromatic N) is 3. The van der Waals surface area contributed by atoms with Crippen LogP contribution in [0.25, 0.3) is 0 Å². The van der Waals surface area contributed by atoms with Gasteiger partial charge in [0.05, 0.1) is 29.2 Å². The van der Waals surface area contributed by atoms with Crippen LogP contribution in [0.15, 0.2) is 48.5 Å². The predicted octanol–water partition coefficient (Wildman–Crippen LogP) is 5.68. The molecule has 210 valence electrons. The maximum absolute atomic E-state index is 13.5. The highest BCUT2D eigenvalue weighted by Gasteiger charge is 2.41. The van der Waals surface area contributed by atoms with E-state index >= 15 is 0 Å². The first-order valence-corrected chi connectivity index (χ1v) is 12.8. The molecule has 4 rings (SSSR count). The Morgan fingerprint density at radius 3 is 2.10 bits per heavy atom. The van der Waals surface area contributed by atoms with E-state index in [2.05, 4.69) is 4.90 Å². The highest BCUT2D eigenvalue weighted by molar-refractivity contribution is 5.95. The Hall–Kier alpha value is -3.10. The summed E-state index contributed by atoms with van der Waals surface area (Å²) in [4.78, 5) is 17.1. The van der Waals surface area contributed by atoms with E-state index in [1.54, 1.807) is 0 Å². The fourth-order valence-electron chi connectivity index (χ4n) is 5.58. The van der Waals surface area contributed by atoms with Crippen LogP contribution in [0.2, 0.25) is 0 Å². The number of benzene rings is 2. The molecule has 0 aromatic heterocycles. The van der Waals surface area contributed by atoms with E-state index in [9.17, 15) is 36.2 Å². The zero-order valence-corrected chi connectivity index (χ0v) is 21.1. The Morgan fingerprint density at radius 1 is 0.974 bits per heavy atom. The van der Waals surface area contributed by atoms with Gasteiger partial charge in [-0.1, -0.05) is 30.3 Å². The van der Waals surface area contributed by atoms with E-state index < -0.39 is 46.6 Å². The fraction of sp³-hybridized carbons (Fsp3) is 0.500. The van der Waals surface area contributed by atoms with E-state index in [1.807, 2.05) is 36.4 Å². The molecule has 0 spiro atoms. The summed E-state index contributed by atoms with van der Waals surface area (Å²) in [6.07, 6.45) is -7.85. The van der Waals surface area contributed by atoms with Crippen molar-refractivity contribution < 1.29 is 36.2 Å². The first-order chi connectivity index (χ1) is 18.3. The number of aliphatic hydroxyl groups is 1. The molecule has 1 N–H and O–H groups in total. The number of carbonyl (C=O) groups excluding carboxylic acids is 1.